The van der Waals surface area contributed by atoms with E-state index in [1.807, 2.05) is 45.0 Å². The number of nitrogens with one attached hydrogen (secondary N) is 1. The first kappa shape index (κ1) is 23.4. The summed E-state index contributed by atoms with van der Waals surface area (Å²) in [7, 11) is 0. The third-order valence-corrected chi connectivity index (χ3v) is 7.83. The molecule has 2 N–H and O–H groups in total. The molecular formula is C28H32N2O5. The Morgan fingerprint density at radius 2 is 1.63 bits per heavy atom. The maximum absolute atomic E-state index is 13.6. The third-order valence-electron chi connectivity index (χ3n) is 7.83. The minimum atomic E-state index is -0.855. The molecule has 4 unspecified atom stereocenters. The highest BCUT2D eigenvalue weighted by Crippen LogP contribution is 2.45. The summed E-state index contributed by atoms with van der Waals surface area (Å²) in [5.74, 6) is -1.68. The van der Waals surface area contributed by atoms with Gasteiger partial charge in [0.15, 0.2) is 0 Å². The van der Waals surface area contributed by atoms with E-state index in [1.54, 1.807) is 4.90 Å². The molecule has 0 saturated carbocycles. The van der Waals surface area contributed by atoms with Crippen molar-refractivity contribution in [2.45, 2.75) is 64.1 Å². The van der Waals surface area contributed by atoms with E-state index in [1.165, 1.54) is 0 Å². The summed E-state index contributed by atoms with van der Waals surface area (Å²) in [4.78, 5) is 39.9. The van der Waals surface area contributed by atoms with E-state index in [-0.39, 0.29) is 30.5 Å². The number of fused-ring (bicyclic) bond motifs is 5. The van der Waals surface area contributed by atoms with Crippen LogP contribution in [0, 0.1) is 11.3 Å². The number of benzene rings is 2. The minimum Gasteiger partial charge on any atom is -0.481 e. The molecule has 2 aromatic carbocycles. The van der Waals surface area contributed by atoms with Gasteiger partial charge in [-0.05, 0) is 46.9 Å². The fourth-order valence-electron chi connectivity index (χ4n) is 6.15. The quantitative estimate of drug-likeness (QED) is 0.667. The number of hydrogen-bond acceptors (Lipinski definition) is 4. The fourth-order valence-corrected chi connectivity index (χ4v) is 6.15. The molecule has 0 radical (unpaired) electrons. The lowest BCUT2D eigenvalue weighted by Gasteiger charge is -2.35. The van der Waals surface area contributed by atoms with Gasteiger partial charge in [0.1, 0.15) is 12.6 Å². The van der Waals surface area contributed by atoms with Gasteiger partial charge in [0.05, 0.1) is 5.92 Å². The van der Waals surface area contributed by atoms with E-state index in [0.717, 1.165) is 28.7 Å². The van der Waals surface area contributed by atoms with Crippen molar-refractivity contribution in [2.75, 3.05) is 6.61 Å². The van der Waals surface area contributed by atoms with Crippen LogP contribution in [0.15, 0.2) is 48.5 Å². The number of hydrogen-bond donors (Lipinski definition) is 2. The van der Waals surface area contributed by atoms with Gasteiger partial charge in [-0.25, -0.2) is 4.79 Å². The molecular weight excluding hydrogens is 444 g/mol. The molecule has 3 aliphatic rings. The maximum Gasteiger partial charge on any atom is 0.407 e. The van der Waals surface area contributed by atoms with Crippen LogP contribution in [0.5, 0.6) is 0 Å². The summed E-state index contributed by atoms with van der Waals surface area (Å²) in [6.07, 6.45) is 1.34. The summed E-state index contributed by atoms with van der Waals surface area (Å²) in [5.41, 5.74) is 3.98. The number of carboxylic acid groups (broad SMARTS) is 1. The molecule has 5 rings (SSSR count). The van der Waals surface area contributed by atoms with Crippen LogP contribution < -0.4 is 5.32 Å². The van der Waals surface area contributed by atoms with Crippen molar-refractivity contribution in [1.82, 2.24) is 10.2 Å². The monoisotopic (exact) mass is 476 g/mol. The number of alkyl carbamates (subject to hydrolysis) is 1. The van der Waals surface area contributed by atoms with E-state index < -0.39 is 29.4 Å². The first-order valence-electron chi connectivity index (χ1n) is 12.3. The first-order chi connectivity index (χ1) is 16.7. The number of ether oxygens (including phenoxy) is 1. The third kappa shape index (κ3) is 4.07. The molecule has 7 nitrogen and oxygen atoms in total. The highest BCUT2D eigenvalue weighted by atomic mass is 16.5. The smallest absolute Gasteiger partial charge is 0.407 e. The highest BCUT2D eigenvalue weighted by Gasteiger charge is 2.53. The number of aliphatic carboxylic acids is 1. The zero-order valence-corrected chi connectivity index (χ0v) is 20.4. The Hall–Kier alpha value is -3.35. The summed E-state index contributed by atoms with van der Waals surface area (Å²) in [6, 6.07) is 15.1. The molecule has 4 atom stereocenters. The molecule has 2 saturated heterocycles. The summed E-state index contributed by atoms with van der Waals surface area (Å²) >= 11 is 0. The van der Waals surface area contributed by atoms with E-state index >= 15 is 0 Å². The topological polar surface area (TPSA) is 95.9 Å². The number of carbonyl (C=O) groups excluding carboxylic acids is 2. The highest BCUT2D eigenvalue weighted by molar-refractivity contribution is 5.88. The van der Waals surface area contributed by atoms with E-state index in [4.69, 9.17) is 4.74 Å². The van der Waals surface area contributed by atoms with Gasteiger partial charge in [0, 0.05) is 18.0 Å². The average Bonchev–Trinajstić information content (AvgIpc) is 3.50. The van der Waals surface area contributed by atoms with Crippen LogP contribution in [-0.2, 0) is 14.3 Å². The molecule has 2 bridgehead atoms. The van der Waals surface area contributed by atoms with Crippen LogP contribution in [0.1, 0.15) is 57.1 Å². The van der Waals surface area contributed by atoms with Gasteiger partial charge in [0.25, 0.3) is 0 Å². The Balaban J connectivity index is 1.29. The molecule has 2 heterocycles. The average molecular weight is 477 g/mol. The first-order valence-corrected chi connectivity index (χ1v) is 12.3. The number of nitrogens with zero attached hydrogens (tertiary/aromatic N) is 1. The second kappa shape index (κ2) is 8.70. The van der Waals surface area contributed by atoms with Gasteiger partial charge in [-0.1, -0.05) is 69.3 Å². The van der Waals surface area contributed by atoms with Gasteiger partial charge >= 0.3 is 12.1 Å². The SMILES string of the molecule is CC(C)(C)C(NC(=O)OCC1c2ccccc2-c2ccccc21)C(=O)N1C2CCC1C(C(=O)O)C2. The van der Waals surface area contributed by atoms with Crippen LogP contribution in [0.3, 0.4) is 0 Å². The van der Waals surface area contributed by atoms with Gasteiger partial charge in [-0.2, -0.15) is 0 Å². The molecule has 0 spiro atoms. The largest absolute Gasteiger partial charge is 0.481 e. The van der Waals surface area contributed by atoms with Crippen LogP contribution >= 0.6 is 0 Å². The lowest BCUT2D eigenvalue weighted by atomic mass is 9.85. The predicted molar refractivity (Wildman–Crippen MR) is 131 cm³/mol. The summed E-state index contributed by atoms with van der Waals surface area (Å²) < 4.78 is 5.69. The molecule has 2 aromatic rings. The lowest BCUT2D eigenvalue weighted by Crippen LogP contribution is -2.56. The lowest BCUT2D eigenvalue weighted by molar-refractivity contribution is -0.143. The van der Waals surface area contributed by atoms with Crippen LogP contribution in [0.2, 0.25) is 0 Å². The van der Waals surface area contributed by atoms with Crippen molar-refractivity contribution in [3.63, 3.8) is 0 Å². The fraction of sp³-hybridized carbons (Fsp3) is 0.464. The number of carbonyl (C=O) groups is 3. The number of rotatable bonds is 5. The van der Waals surface area contributed by atoms with Crippen molar-refractivity contribution in [3.05, 3.63) is 59.7 Å². The van der Waals surface area contributed by atoms with Gasteiger partial charge in [0.2, 0.25) is 5.91 Å². The molecule has 1 aliphatic carbocycles. The van der Waals surface area contributed by atoms with Gasteiger partial charge < -0.3 is 20.1 Å². The van der Waals surface area contributed by atoms with Crippen LogP contribution in [0.4, 0.5) is 4.79 Å². The zero-order valence-electron chi connectivity index (χ0n) is 20.4. The van der Waals surface area contributed by atoms with E-state index in [0.29, 0.717) is 12.8 Å². The molecule has 2 aliphatic heterocycles. The molecule has 2 fully saturated rings. The van der Waals surface area contributed by atoms with Crippen molar-refractivity contribution in [1.29, 1.82) is 0 Å². The Morgan fingerprint density at radius 1 is 1.03 bits per heavy atom. The summed E-state index contributed by atoms with van der Waals surface area (Å²) in [6.45, 7) is 5.85. The maximum atomic E-state index is 13.6. The Bertz CT molecular complexity index is 1120. The standard InChI is InChI=1S/C28H32N2O5/c1-28(2,3)24(25(31)30-16-12-13-23(30)21(14-16)26(32)33)29-27(34)35-15-22-19-10-6-4-8-17(19)18-9-5-7-11-20(18)22/h4-11,16,21-24H,12-15H2,1-3H3,(H,29,34)(H,32,33). The van der Waals surface area contributed by atoms with Gasteiger partial charge in [-0.15, -0.1) is 0 Å². The van der Waals surface area contributed by atoms with E-state index in [9.17, 15) is 19.5 Å². The van der Waals surface area contributed by atoms with Crippen LogP contribution in [-0.4, -0.2) is 52.7 Å². The second-order valence-corrected chi connectivity index (χ2v) is 11.0. The normalized spacial score (nSPS) is 23.5. The number of carboxylic acids is 1. The second-order valence-electron chi connectivity index (χ2n) is 11.0. The molecule has 7 heteroatoms. The van der Waals surface area contributed by atoms with Crippen molar-refractivity contribution in [2.24, 2.45) is 11.3 Å². The molecule has 2 amide bonds. The predicted octanol–water partition coefficient (Wildman–Crippen LogP) is 4.40. The van der Waals surface area contributed by atoms with Crippen molar-refractivity contribution in [3.8, 4) is 11.1 Å². The Labute approximate surface area is 205 Å². The molecule has 184 valence electrons. The molecule has 35 heavy (non-hydrogen) atoms. The van der Waals surface area contributed by atoms with Crippen LogP contribution in [0.25, 0.3) is 11.1 Å². The summed E-state index contributed by atoms with van der Waals surface area (Å²) in [5, 5.41) is 12.4. The Kier molecular flexibility index (Phi) is 5.82. The Morgan fingerprint density at radius 3 is 2.17 bits per heavy atom. The minimum absolute atomic E-state index is 0.0670. The van der Waals surface area contributed by atoms with Crippen molar-refractivity contribution >= 4 is 18.0 Å². The van der Waals surface area contributed by atoms with Crippen molar-refractivity contribution < 1.29 is 24.2 Å². The zero-order chi connectivity index (χ0) is 24.9. The molecule has 0 aromatic heterocycles. The number of amides is 2. The van der Waals surface area contributed by atoms with E-state index in [2.05, 4.69) is 29.6 Å². The van der Waals surface area contributed by atoms with Gasteiger partial charge in [-0.3, -0.25) is 9.59 Å².